The van der Waals surface area contributed by atoms with Crippen LogP contribution >= 0.6 is 0 Å². The standard InChI is InChI=1S/C24H31N5.4C2H6/c1-27-11-13-28(14-12-27)21-7-9-22(10-8-21)29-17-20(15-19-5-3-2-4-6-19)23-16-25-18-26-24(23)29;4*1-2/h2-6,16-18,21-22H,7-15H2,1H3;4*1-2H3/i1D;;;;. The Kier molecular flexibility index (Phi) is 15.8. The summed E-state index contributed by atoms with van der Waals surface area (Å²) in [6, 6.07) is 11.9. The van der Waals surface area contributed by atoms with Gasteiger partial charge in [0.15, 0.2) is 0 Å². The molecule has 3 heterocycles. The molecule has 1 aliphatic carbocycles. The molecule has 0 unspecified atom stereocenters. The summed E-state index contributed by atoms with van der Waals surface area (Å²) in [5.74, 6) is 0. The van der Waals surface area contributed by atoms with Crippen LogP contribution in [0.4, 0.5) is 0 Å². The molecule has 1 aromatic carbocycles. The summed E-state index contributed by atoms with van der Waals surface area (Å²) in [6.07, 6.45) is 11.9. The van der Waals surface area contributed by atoms with Crippen molar-refractivity contribution in [2.24, 2.45) is 0 Å². The molecule has 3 aromatic rings. The summed E-state index contributed by atoms with van der Waals surface area (Å²) < 4.78 is 10.00. The molecule has 0 spiro atoms. The summed E-state index contributed by atoms with van der Waals surface area (Å²) in [5.41, 5.74) is 3.74. The van der Waals surface area contributed by atoms with Gasteiger partial charge in [-0.15, -0.1) is 0 Å². The number of piperazine rings is 1. The number of hydrogen-bond donors (Lipinski definition) is 0. The first-order chi connectivity index (χ1) is 18.8. The van der Waals surface area contributed by atoms with E-state index in [1.54, 1.807) is 6.33 Å². The second-order valence-electron chi connectivity index (χ2n) is 8.60. The Balaban J connectivity index is 0.000000829. The van der Waals surface area contributed by atoms with Crippen molar-refractivity contribution in [3.8, 4) is 0 Å². The van der Waals surface area contributed by atoms with Gasteiger partial charge in [-0.1, -0.05) is 85.7 Å². The molecule has 37 heavy (non-hydrogen) atoms. The smallest absolute Gasteiger partial charge is 0.143 e. The van der Waals surface area contributed by atoms with Crippen LogP contribution in [0.2, 0.25) is 0 Å². The summed E-state index contributed by atoms with van der Waals surface area (Å²) in [4.78, 5) is 13.9. The third-order valence-electron chi connectivity index (χ3n) is 6.80. The van der Waals surface area contributed by atoms with Crippen LogP contribution in [-0.4, -0.2) is 63.6 Å². The van der Waals surface area contributed by atoms with Crippen molar-refractivity contribution in [2.75, 3.05) is 33.2 Å². The van der Waals surface area contributed by atoms with Crippen molar-refractivity contribution >= 4 is 11.0 Å². The lowest BCUT2D eigenvalue weighted by Crippen LogP contribution is -2.49. The van der Waals surface area contributed by atoms with Gasteiger partial charge in [0.05, 0.1) is 0 Å². The number of aromatic nitrogens is 3. The van der Waals surface area contributed by atoms with E-state index in [2.05, 4.69) is 60.9 Å². The summed E-state index contributed by atoms with van der Waals surface area (Å²) in [6.45, 7) is 20.3. The normalized spacial score (nSPS) is 19.9. The molecule has 5 rings (SSSR count). The summed E-state index contributed by atoms with van der Waals surface area (Å²) in [7, 11) is 0.439. The van der Waals surface area contributed by atoms with E-state index >= 15 is 0 Å². The summed E-state index contributed by atoms with van der Waals surface area (Å²) >= 11 is 0. The number of hydrogen-bond acceptors (Lipinski definition) is 4. The van der Waals surface area contributed by atoms with Gasteiger partial charge >= 0.3 is 0 Å². The van der Waals surface area contributed by atoms with Gasteiger partial charge in [0.1, 0.15) is 12.0 Å². The highest BCUT2D eigenvalue weighted by Crippen LogP contribution is 2.35. The molecule has 0 bridgehead atoms. The number of nitrogens with zero attached hydrogens (tertiary/aromatic N) is 5. The SMILES string of the molecule is CC.CC.CC.CC.[2H]CN1CCN(C2CCC(n3cc(Cc4ccccc4)c4cncnc43)CC2)CC1. The monoisotopic (exact) mass is 510 g/mol. The fraction of sp³-hybridized carbons (Fsp3) is 0.625. The molecule has 5 nitrogen and oxygen atoms in total. The molecule has 0 atom stereocenters. The molecule has 1 saturated heterocycles. The number of fused-ring (bicyclic) bond motifs is 1. The largest absolute Gasteiger partial charge is 0.329 e. The molecule has 1 aliphatic heterocycles. The first-order valence-corrected chi connectivity index (χ1v) is 14.9. The molecule has 2 aromatic heterocycles. The van der Waals surface area contributed by atoms with E-state index in [1.807, 2.05) is 61.6 Å². The van der Waals surface area contributed by atoms with Crippen molar-refractivity contribution < 1.29 is 1.37 Å². The van der Waals surface area contributed by atoms with Crippen LogP contribution < -0.4 is 0 Å². The zero-order valence-electron chi connectivity index (χ0n) is 26.1. The average molecular weight is 511 g/mol. The molecule has 0 N–H and O–H groups in total. The molecule has 1 saturated carbocycles. The quantitative estimate of drug-likeness (QED) is 0.358. The van der Waals surface area contributed by atoms with Crippen LogP contribution in [-0.2, 0) is 6.42 Å². The van der Waals surface area contributed by atoms with E-state index in [0.717, 1.165) is 38.2 Å². The maximum absolute atomic E-state index is 7.56. The Morgan fingerprint density at radius 2 is 1.41 bits per heavy atom. The van der Waals surface area contributed by atoms with Crippen LogP contribution in [0.3, 0.4) is 0 Å². The van der Waals surface area contributed by atoms with Crippen LogP contribution in [0.5, 0.6) is 0 Å². The lowest BCUT2D eigenvalue weighted by molar-refractivity contribution is 0.0827. The maximum atomic E-state index is 7.56. The van der Waals surface area contributed by atoms with E-state index < -0.39 is 0 Å². The Bertz CT molecular complexity index is 958. The Labute approximate surface area is 229 Å². The molecule has 0 radical (unpaired) electrons. The molecular weight excluding hydrogens is 454 g/mol. The number of rotatable bonds is 4. The predicted octanol–water partition coefficient (Wildman–Crippen LogP) is 7.86. The zero-order valence-corrected chi connectivity index (χ0v) is 25.1. The fourth-order valence-electron chi connectivity index (χ4n) is 5.12. The topological polar surface area (TPSA) is 37.2 Å². The van der Waals surface area contributed by atoms with Gasteiger partial charge in [-0.2, -0.15) is 0 Å². The van der Waals surface area contributed by atoms with E-state index in [0.29, 0.717) is 19.1 Å². The van der Waals surface area contributed by atoms with Gasteiger partial charge in [-0.3, -0.25) is 4.90 Å². The van der Waals surface area contributed by atoms with Crippen molar-refractivity contribution in [3.05, 3.63) is 60.2 Å². The zero-order chi connectivity index (χ0) is 28.3. The van der Waals surface area contributed by atoms with Gasteiger partial charge in [0, 0.05) is 57.4 Å². The number of likely N-dealkylation sites (N-methyl/N-ethyl adjacent to an activating group) is 1. The van der Waals surface area contributed by atoms with E-state index in [1.165, 1.54) is 42.2 Å². The third-order valence-corrected chi connectivity index (χ3v) is 6.80. The highest BCUT2D eigenvalue weighted by molar-refractivity contribution is 5.80. The first kappa shape index (κ1) is 31.0. The lowest BCUT2D eigenvalue weighted by Gasteiger charge is -2.41. The van der Waals surface area contributed by atoms with Crippen molar-refractivity contribution in [1.82, 2.24) is 24.3 Å². The minimum absolute atomic E-state index is 0.439. The Hall–Kier alpha value is -2.24. The first-order valence-electron chi connectivity index (χ1n) is 15.6. The molecule has 2 aliphatic rings. The van der Waals surface area contributed by atoms with Crippen molar-refractivity contribution in [2.45, 2.75) is 99.6 Å². The molecule has 0 amide bonds. The third kappa shape index (κ3) is 9.22. The fourth-order valence-corrected chi connectivity index (χ4v) is 5.12. The minimum Gasteiger partial charge on any atom is -0.329 e. The Morgan fingerprint density at radius 1 is 0.811 bits per heavy atom. The summed E-state index contributed by atoms with van der Waals surface area (Å²) in [5, 5.41) is 1.19. The minimum atomic E-state index is 0.439. The van der Waals surface area contributed by atoms with E-state index in [-0.39, 0.29) is 0 Å². The highest BCUT2D eigenvalue weighted by Gasteiger charge is 2.29. The van der Waals surface area contributed by atoms with Crippen LogP contribution in [0.1, 0.15) is 99.6 Å². The lowest BCUT2D eigenvalue weighted by atomic mass is 9.89. The van der Waals surface area contributed by atoms with E-state index in [4.69, 9.17) is 1.37 Å². The van der Waals surface area contributed by atoms with Gasteiger partial charge in [-0.25, -0.2) is 9.97 Å². The van der Waals surface area contributed by atoms with Gasteiger partial charge in [0.2, 0.25) is 0 Å². The molecular formula is C32H55N5. The second kappa shape index (κ2) is 18.9. The molecule has 5 heteroatoms. The van der Waals surface area contributed by atoms with Gasteiger partial charge < -0.3 is 9.47 Å². The van der Waals surface area contributed by atoms with E-state index in [9.17, 15) is 0 Å². The predicted molar refractivity (Wildman–Crippen MR) is 163 cm³/mol. The van der Waals surface area contributed by atoms with Gasteiger partial charge in [0.25, 0.3) is 0 Å². The second-order valence-corrected chi connectivity index (χ2v) is 8.60. The van der Waals surface area contributed by atoms with Crippen LogP contribution in [0.25, 0.3) is 11.0 Å². The molecule has 2 fully saturated rings. The number of benzene rings is 1. The highest BCUT2D eigenvalue weighted by atomic mass is 15.3. The maximum Gasteiger partial charge on any atom is 0.143 e. The van der Waals surface area contributed by atoms with Crippen LogP contribution in [0.15, 0.2) is 49.1 Å². The van der Waals surface area contributed by atoms with Crippen molar-refractivity contribution in [1.29, 1.82) is 0 Å². The van der Waals surface area contributed by atoms with Crippen LogP contribution in [0, 0.1) is 0 Å². The molecule has 208 valence electrons. The Morgan fingerprint density at radius 3 is 2.00 bits per heavy atom. The average Bonchev–Trinajstić information content (AvgIpc) is 3.40. The van der Waals surface area contributed by atoms with Gasteiger partial charge in [-0.05, 0) is 50.3 Å². The van der Waals surface area contributed by atoms with Crippen molar-refractivity contribution in [3.63, 3.8) is 0 Å².